The van der Waals surface area contributed by atoms with E-state index in [-0.39, 0.29) is 11.5 Å². The summed E-state index contributed by atoms with van der Waals surface area (Å²) in [6.07, 6.45) is 12.9. The Kier molecular flexibility index (Phi) is 5.23. The minimum Gasteiger partial charge on any atom is -0.396 e. The fourth-order valence-electron chi connectivity index (χ4n) is 11.1. The minimum atomic E-state index is -0.0751. The van der Waals surface area contributed by atoms with Gasteiger partial charge in [0.15, 0.2) is 0 Å². The van der Waals surface area contributed by atoms with E-state index >= 15 is 0 Å². The Bertz CT molecular complexity index is 659. The number of aliphatic hydroxyl groups is 2. The van der Waals surface area contributed by atoms with E-state index in [1.54, 1.807) is 0 Å². The summed E-state index contributed by atoms with van der Waals surface area (Å²) >= 11 is 0. The molecule has 0 heterocycles. The van der Waals surface area contributed by atoms with Crippen molar-refractivity contribution in [1.29, 1.82) is 0 Å². The van der Waals surface area contributed by atoms with E-state index in [1.807, 2.05) is 0 Å². The maximum absolute atomic E-state index is 10.6. The van der Waals surface area contributed by atoms with Crippen LogP contribution in [0.1, 0.15) is 98.8 Å². The van der Waals surface area contributed by atoms with Crippen molar-refractivity contribution in [2.24, 2.45) is 63.6 Å². The lowest BCUT2D eigenvalue weighted by atomic mass is 9.37. The molecule has 30 heavy (non-hydrogen) atoms. The van der Waals surface area contributed by atoms with Crippen LogP contribution in [0.15, 0.2) is 0 Å². The number of hydrogen-bond acceptors (Lipinski definition) is 2. The Balaban J connectivity index is 1.48. The second-order valence-electron chi connectivity index (χ2n) is 13.6. The number of rotatable bonds is 2. The molecule has 0 saturated heterocycles. The topological polar surface area (TPSA) is 40.5 Å². The van der Waals surface area contributed by atoms with Crippen molar-refractivity contribution in [2.45, 2.75) is 105 Å². The van der Waals surface area contributed by atoms with Crippen molar-refractivity contribution in [1.82, 2.24) is 0 Å². The molecule has 0 unspecified atom stereocenters. The first-order valence-corrected chi connectivity index (χ1v) is 13.5. The van der Waals surface area contributed by atoms with Gasteiger partial charge in [-0.05, 0) is 128 Å². The molecule has 0 aliphatic heterocycles. The van der Waals surface area contributed by atoms with E-state index in [1.165, 1.54) is 57.8 Å². The molecular formula is C28H48O2. The van der Waals surface area contributed by atoms with Gasteiger partial charge in [0.05, 0.1) is 6.10 Å². The molecule has 5 rings (SSSR count). The largest absolute Gasteiger partial charge is 0.396 e. The van der Waals surface area contributed by atoms with E-state index in [4.69, 9.17) is 0 Å². The highest BCUT2D eigenvalue weighted by Crippen LogP contribution is 2.72. The molecule has 5 aliphatic carbocycles. The van der Waals surface area contributed by atoms with Crippen LogP contribution in [0.5, 0.6) is 0 Å². The summed E-state index contributed by atoms with van der Waals surface area (Å²) in [6.45, 7) is 13.0. The van der Waals surface area contributed by atoms with Gasteiger partial charge in [0, 0.05) is 6.61 Å². The molecule has 5 saturated carbocycles. The van der Waals surface area contributed by atoms with Crippen LogP contribution in [0, 0.1) is 63.6 Å². The summed E-state index contributed by atoms with van der Waals surface area (Å²) in [5.74, 6) is 6.06. The molecule has 0 aromatic rings. The Morgan fingerprint density at radius 2 is 1.47 bits per heavy atom. The highest BCUT2D eigenvalue weighted by molar-refractivity contribution is 5.14. The maximum Gasteiger partial charge on any atom is 0.0568 e. The number of fused-ring (bicyclic) bond motifs is 7. The van der Waals surface area contributed by atoms with Crippen LogP contribution in [0.3, 0.4) is 0 Å². The van der Waals surface area contributed by atoms with Crippen LogP contribution in [0.2, 0.25) is 0 Å². The average molecular weight is 417 g/mol. The first-order valence-electron chi connectivity index (χ1n) is 13.5. The molecule has 11 atom stereocenters. The minimum absolute atomic E-state index is 0.0751. The Morgan fingerprint density at radius 3 is 2.17 bits per heavy atom. The summed E-state index contributed by atoms with van der Waals surface area (Å²) in [6, 6.07) is 0. The summed E-state index contributed by atoms with van der Waals surface area (Å²) in [5.41, 5.74) is 1.14. The zero-order chi connectivity index (χ0) is 21.5. The zero-order valence-electron chi connectivity index (χ0n) is 20.4. The van der Waals surface area contributed by atoms with E-state index in [0.29, 0.717) is 29.3 Å². The van der Waals surface area contributed by atoms with Gasteiger partial charge in [0.1, 0.15) is 0 Å². The number of hydrogen-bond donors (Lipinski definition) is 2. The van der Waals surface area contributed by atoms with E-state index < -0.39 is 0 Å². The van der Waals surface area contributed by atoms with Crippen molar-refractivity contribution < 1.29 is 10.2 Å². The molecule has 0 aromatic heterocycles. The predicted molar refractivity (Wildman–Crippen MR) is 123 cm³/mol. The molecular weight excluding hydrogens is 368 g/mol. The van der Waals surface area contributed by atoms with Crippen LogP contribution in [0.4, 0.5) is 0 Å². The van der Waals surface area contributed by atoms with Crippen molar-refractivity contribution in [3.05, 3.63) is 0 Å². The van der Waals surface area contributed by atoms with Gasteiger partial charge < -0.3 is 10.2 Å². The SMILES string of the molecule is CC(C)[C@@H]1CC[C@]2(CO)CC[C@@H]3[C@H](CC[C@H]4[C@@]5(C)CC[C@@H](O)[C@H](C)[C@H]5CC[C@]43C)[C@@H]12. The molecule has 2 N–H and O–H groups in total. The Hall–Kier alpha value is -0.0800. The van der Waals surface area contributed by atoms with Crippen molar-refractivity contribution in [2.75, 3.05) is 6.61 Å². The lowest BCUT2D eigenvalue weighted by Gasteiger charge is -2.68. The maximum atomic E-state index is 10.6. The van der Waals surface area contributed by atoms with Gasteiger partial charge in [-0.2, -0.15) is 0 Å². The molecule has 0 radical (unpaired) electrons. The van der Waals surface area contributed by atoms with Crippen LogP contribution < -0.4 is 0 Å². The van der Waals surface area contributed by atoms with Crippen molar-refractivity contribution in [3.63, 3.8) is 0 Å². The summed E-state index contributed by atoms with van der Waals surface area (Å²) in [5, 5.41) is 21.2. The standard InChI is InChI=1S/C28H48O2/c1-17(2)19-8-14-28(16-29)15-10-22-20(25(19)28)6-7-24-26(4)13-11-23(30)18(3)21(26)9-12-27(22,24)5/h17-25,29-30H,6-16H2,1-5H3/t18-,19+,20+,21-,22-,23-,24+,25-,26+,27+,28-/m1/s1. The van der Waals surface area contributed by atoms with Crippen LogP contribution >= 0.6 is 0 Å². The molecule has 0 bridgehead atoms. The first kappa shape index (κ1) is 21.7. The molecule has 5 aliphatic rings. The zero-order valence-corrected chi connectivity index (χ0v) is 20.4. The molecule has 172 valence electrons. The smallest absolute Gasteiger partial charge is 0.0568 e. The lowest BCUT2D eigenvalue weighted by molar-refractivity contribution is -0.201. The second-order valence-corrected chi connectivity index (χ2v) is 13.6. The summed E-state index contributed by atoms with van der Waals surface area (Å²) < 4.78 is 0. The van der Waals surface area contributed by atoms with Gasteiger partial charge >= 0.3 is 0 Å². The predicted octanol–water partition coefficient (Wildman–Crippen LogP) is 6.30. The van der Waals surface area contributed by atoms with Crippen LogP contribution in [0.25, 0.3) is 0 Å². The highest BCUT2D eigenvalue weighted by Gasteiger charge is 2.65. The lowest BCUT2D eigenvalue weighted by Crippen LogP contribution is -2.61. The summed E-state index contributed by atoms with van der Waals surface area (Å²) in [7, 11) is 0. The molecule has 5 fully saturated rings. The Morgan fingerprint density at radius 1 is 0.833 bits per heavy atom. The van der Waals surface area contributed by atoms with Gasteiger partial charge in [-0.15, -0.1) is 0 Å². The quantitative estimate of drug-likeness (QED) is 0.555. The fraction of sp³-hybridized carbons (Fsp3) is 1.00. The Labute approximate surface area is 185 Å². The second kappa shape index (κ2) is 7.21. The molecule has 0 amide bonds. The normalized spacial score (nSPS) is 58.0. The average Bonchev–Trinajstić information content (AvgIpc) is 3.12. The monoisotopic (exact) mass is 416 g/mol. The van der Waals surface area contributed by atoms with Crippen molar-refractivity contribution in [3.8, 4) is 0 Å². The highest BCUT2D eigenvalue weighted by atomic mass is 16.3. The van der Waals surface area contributed by atoms with E-state index in [2.05, 4.69) is 34.6 Å². The van der Waals surface area contributed by atoms with Gasteiger partial charge in [0.2, 0.25) is 0 Å². The molecule has 0 aromatic carbocycles. The van der Waals surface area contributed by atoms with Crippen LogP contribution in [-0.4, -0.2) is 22.9 Å². The number of aliphatic hydroxyl groups excluding tert-OH is 2. The van der Waals surface area contributed by atoms with Crippen LogP contribution in [-0.2, 0) is 0 Å². The van der Waals surface area contributed by atoms with Gasteiger partial charge in [-0.25, -0.2) is 0 Å². The molecule has 2 heteroatoms. The van der Waals surface area contributed by atoms with E-state index in [9.17, 15) is 10.2 Å². The molecule has 0 spiro atoms. The third-order valence-corrected chi connectivity index (χ3v) is 12.5. The third-order valence-electron chi connectivity index (χ3n) is 12.5. The molecule has 2 nitrogen and oxygen atoms in total. The van der Waals surface area contributed by atoms with Gasteiger partial charge in [-0.1, -0.05) is 34.6 Å². The summed E-state index contributed by atoms with van der Waals surface area (Å²) in [4.78, 5) is 0. The first-order chi connectivity index (χ1) is 14.2. The van der Waals surface area contributed by atoms with Gasteiger partial charge in [-0.3, -0.25) is 0 Å². The third kappa shape index (κ3) is 2.74. The van der Waals surface area contributed by atoms with Gasteiger partial charge in [0.25, 0.3) is 0 Å². The van der Waals surface area contributed by atoms with Crippen molar-refractivity contribution >= 4 is 0 Å². The van der Waals surface area contributed by atoms with E-state index in [0.717, 1.165) is 41.9 Å². The fourth-order valence-corrected chi connectivity index (χ4v) is 11.1.